The first-order chi connectivity index (χ1) is 11.1. The predicted molar refractivity (Wildman–Crippen MR) is 96.9 cm³/mol. The van der Waals surface area contributed by atoms with Gasteiger partial charge in [-0.25, -0.2) is 0 Å². The van der Waals surface area contributed by atoms with Crippen LogP contribution in [0.2, 0.25) is 0 Å². The molecule has 0 bridgehead atoms. The van der Waals surface area contributed by atoms with Gasteiger partial charge < -0.3 is 10.6 Å². The van der Waals surface area contributed by atoms with Crippen LogP contribution in [0.1, 0.15) is 41.7 Å². The summed E-state index contributed by atoms with van der Waals surface area (Å²) in [6.07, 6.45) is 6.62. The van der Waals surface area contributed by atoms with Gasteiger partial charge in [0.2, 0.25) is 0 Å². The van der Waals surface area contributed by atoms with Gasteiger partial charge in [0.25, 0.3) is 5.91 Å². The molecule has 0 saturated heterocycles. The lowest BCUT2D eigenvalue weighted by molar-refractivity contribution is 0.102. The second kappa shape index (κ2) is 7.13. The molecule has 1 heterocycles. The minimum Gasteiger partial charge on any atom is -0.382 e. The maximum absolute atomic E-state index is 12.4. The number of amides is 1. The van der Waals surface area contributed by atoms with E-state index >= 15 is 0 Å². The summed E-state index contributed by atoms with van der Waals surface area (Å²) in [7, 11) is 0. The highest BCUT2D eigenvalue weighted by Gasteiger charge is 2.15. The Morgan fingerprint density at radius 1 is 1.17 bits per heavy atom. The van der Waals surface area contributed by atoms with Crippen LogP contribution in [0.25, 0.3) is 0 Å². The Morgan fingerprint density at radius 2 is 1.96 bits per heavy atom. The third-order valence-electron chi connectivity index (χ3n) is 4.15. The van der Waals surface area contributed by atoms with Crippen LogP contribution < -0.4 is 10.6 Å². The van der Waals surface area contributed by atoms with Crippen molar-refractivity contribution in [3.05, 3.63) is 52.3 Å². The molecule has 3 rings (SSSR count). The van der Waals surface area contributed by atoms with E-state index in [0.29, 0.717) is 11.7 Å². The molecule has 120 valence electrons. The van der Waals surface area contributed by atoms with E-state index in [1.807, 2.05) is 37.3 Å². The van der Waals surface area contributed by atoms with Crippen LogP contribution in [0.4, 0.5) is 11.4 Å². The van der Waals surface area contributed by atoms with Gasteiger partial charge in [-0.05, 0) is 49.6 Å². The number of benzene rings is 1. The van der Waals surface area contributed by atoms with Crippen molar-refractivity contribution < 1.29 is 4.79 Å². The van der Waals surface area contributed by atoms with Crippen LogP contribution in [-0.4, -0.2) is 16.9 Å². The molecule has 1 amide bonds. The number of halogens is 1. The van der Waals surface area contributed by atoms with Crippen molar-refractivity contribution in [1.29, 1.82) is 0 Å². The Morgan fingerprint density at radius 3 is 2.70 bits per heavy atom. The van der Waals surface area contributed by atoms with Gasteiger partial charge in [0.05, 0.1) is 0 Å². The molecule has 2 N–H and O–H groups in total. The summed E-state index contributed by atoms with van der Waals surface area (Å²) in [4.78, 5) is 16.6. The number of aromatic nitrogens is 1. The maximum atomic E-state index is 12.4. The molecular weight excluding hydrogens is 354 g/mol. The second-order valence-corrected chi connectivity index (χ2v) is 6.83. The second-order valence-electron chi connectivity index (χ2n) is 5.97. The van der Waals surface area contributed by atoms with Gasteiger partial charge in [0.1, 0.15) is 5.69 Å². The van der Waals surface area contributed by atoms with Crippen molar-refractivity contribution in [3.63, 3.8) is 0 Å². The fourth-order valence-electron chi connectivity index (χ4n) is 2.82. The van der Waals surface area contributed by atoms with Crippen molar-refractivity contribution in [2.45, 2.75) is 38.6 Å². The molecule has 1 fully saturated rings. The molecule has 1 aliphatic rings. The largest absolute Gasteiger partial charge is 0.382 e. The number of anilines is 2. The Bertz CT molecular complexity index is 711. The molecule has 2 aromatic rings. The number of carbonyl (C=O) groups excluding carboxylic acids is 1. The third kappa shape index (κ3) is 4.10. The Balaban J connectivity index is 1.70. The molecule has 1 aromatic carbocycles. The van der Waals surface area contributed by atoms with E-state index in [-0.39, 0.29) is 5.91 Å². The number of pyridine rings is 1. The third-order valence-corrected chi connectivity index (χ3v) is 5.00. The fourth-order valence-corrected chi connectivity index (χ4v) is 3.19. The monoisotopic (exact) mass is 373 g/mol. The predicted octanol–water partition coefficient (Wildman–Crippen LogP) is 4.76. The summed E-state index contributed by atoms with van der Waals surface area (Å²) < 4.78 is 0.972. The first kappa shape index (κ1) is 16.0. The van der Waals surface area contributed by atoms with Gasteiger partial charge in [-0.15, -0.1) is 0 Å². The number of hydrogen-bond acceptors (Lipinski definition) is 3. The molecule has 4 nitrogen and oxygen atoms in total. The number of nitrogens with one attached hydrogen (secondary N) is 2. The van der Waals surface area contributed by atoms with Gasteiger partial charge in [0.15, 0.2) is 0 Å². The zero-order chi connectivity index (χ0) is 16.2. The van der Waals surface area contributed by atoms with E-state index in [9.17, 15) is 4.79 Å². The van der Waals surface area contributed by atoms with Crippen LogP contribution in [0.3, 0.4) is 0 Å². The van der Waals surface area contributed by atoms with Gasteiger partial charge >= 0.3 is 0 Å². The summed E-state index contributed by atoms with van der Waals surface area (Å²) in [5.74, 6) is -0.198. The molecule has 1 saturated carbocycles. The van der Waals surface area contributed by atoms with Crippen LogP contribution >= 0.6 is 15.9 Å². The summed E-state index contributed by atoms with van der Waals surface area (Å²) in [5, 5.41) is 6.38. The fraction of sp³-hybridized carbons (Fsp3) is 0.333. The molecule has 23 heavy (non-hydrogen) atoms. The Hall–Kier alpha value is -1.88. The number of carbonyl (C=O) groups is 1. The molecule has 0 unspecified atom stereocenters. The summed E-state index contributed by atoms with van der Waals surface area (Å²) in [6.45, 7) is 2.01. The smallest absolute Gasteiger partial charge is 0.274 e. The van der Waals surface area contributed by atoms with Gasteiger partial charge in [0, 0.05) is 28.1 Å². The standard InChI is InChI=1S/C18H20BrN3O/c1-12-6-7-14(10-16(12)19)22-18(23)17-11-15(8-9-20-17)21-13-4-2-3-5-13/h6-11,13H,2-5H2,1H3,(H,20,21)(H,22,23). The van der Waals surface area contributed by atoms with Crippen LogP contribution in [0, 0.1) is 6.92 Å². The summed E-state index contributed by atoms with van der Waals surface area (Å²) >= 11 is 3.48. The zero-order valence-corrected chi connectivity index (χ0v) is 14.7. The summed E-state index contributed by atoms with van der Waals surface area (Å²) in [6, 6.07) is 9.99. The molecule has 0 aliphatic heterocycles. The molecule has 5 heteroatoms. The quantitative estimate of drug-likeness (QED) is 0.811. The summed E-state index contributed by atoms with van der Waals surface area (Å²) in [5.41, 5.74) is 3.26. The maximum Gasteiger partial charge on any atom is 0.274 e. The van der Waals surface area contributed by atoms with Crippen LogP contribution in [0.15, 0.2) is 41.0 Å². The SMILES string of the molecule is Cc1ccc(NC(=O)c2cc(NC3CCCC3)ccn2)cc1Br. The molecule has 0 spiro atoms. The molecule has 0 radical (unpaired) electrons. The first-order valence-electron chi connectivity index (χ1n) is 7.92. The number of aryl methyl sites for hydroxylation is 1. The van der Waals surface area contributed by atoms with Crippen molar-refractivity contribution in [2.24, 2.45) is 0 Å². The number of nitrogens with zero attached hydrogens (tertiary/aromatic N) is 1. The lowest BCUT2D eigenvalue weighted by Gasteiger charge is -2.14. The lowest BCUT2D eigenvalue weighted by atomic mass is 10.2. The van der Waals surface area contributed by atoms with Crippen molar-refractivity contribution >= 4 is 33.2 Å². The van der Waals surface area contributed by atoms with Gasteiger partial charge in [-0.3, -0.25) is 9.78 Å². The Kier molecular flexibility index (Phi) is 4.96. The van der Waals surface area contributed by atoms with Crippen molar-refractivity contribution in [3.8, 4) is 0 Å². The lowest BCUT2D eigenvalue weighted by Crippen LogP contribution is -2.17. The molecule has 0 atom stereocenters. The van der Waals surface area contributed by atoms with Crippen LogP contribution in [-0.2, 0) is 0 Å². The van der Waals surface area contributed by atoms with Gasteiger partial charge in [-0.2, -0.15) is 0 Å². The topological polar surface area (TPSA) is 54.0 Å². The average Bonchev–Trinajstić information content (AvgIpc) is 3.04. The van der Waals surface area contributed by atoms with E-state index in [0.717, 1.165) is 21.4 Å². The molecule has 1 aliphatic carbocycles. The molecule has 1 aromatic heterocycles. The van der Waals surface area contributed by atoms with E-state index < -0.39 is 0 Å². The number of rotatable bonds is 4. The van der Waals surface area contributed by atoms with E-state index in [1.54, 1.807) is 6.20 Å². The van der Waals surface area contributed by atoms with Crippen molar-refractivity contribution in [1.82, 2.24) is 4.98 Å². The highest BCUT2D eigenvalue weighted by molar-refractivity contribution is 9.10. The first-order valence-corrected chi connectivity index (χ1v) is 8.71. The molecular formula is C18H20BrN3O. The highest BCUT2D eigenvalue weighted by atomic mass is 79.9. The highest BCUT2D eigenvalue weighted by Crippen LogP contribution is 2.23. The minimum atomic E-state index is -0.198. The normalized spacial score (nSPS) is 14.7. The van der Waals surface area contributed by atoms with Crippen LogP contribution in [0.5, 0.6) is 0 Å². The van der Waals surface area contributed by atoms with E-state index in [4.69, 9.17) is 0 Å². The minimum absolute atomic E-state index is 0.198. The van der Waals surface area contributed by atoms with Gasteiger partial charge in [-0.1, -0.05) is 34.8 Å². The van der Waals surface area contributed by atoms with Crippen molar-refractivity contribution in [2.75, 3.05) is 10.6 Å². The van der Waals surface area contributed by atoms with E-state index in [2.05, 4.69) is 31.5 Å². The Labute approximate surface area is 144 Å². The van der Waals surface area contributed by atoms with E-state index in [1.165, 1.54) is 25.7 Å². The number of hydrogen-bond donors (Lipinski definition) is 2. The average molecular weight is 374 g/mol. The zero-order valence-electron chi connectivity index (χ0n) is 13.1.